The topological polar surface area (TPSA) is 92.9 Å². The molecule has 0 radical (unpaired) electrons. The van der Waals surface area contributed by atoms with E-state index < -0.39 is 17.7 Å². The Kier molecular flexibility index (Phi) is 6.31. The number of hydrogen-bond acceptors (Lipinski definition) is 6. The minimum atomic E-state index is -0.923. The minimum absolute atomic E-state index is 0.0547. The maximum absolute atomic E-state index is 13.2. The molecule has 1 aromatic heterocycles. The highest BCUT2D eigenvalue weighted by Crippen LogP contribution is 2.42. The lowest BCUT2D eigenvalue weighted by Gasteiger charge is -2.23. The molecule has 2 heterocycles. The van der Waals surface area contributed by atoms with Crippen LogP contribution in [0.2, 0.25) is 5.02 Å². The van der Waals surface area contributed by atoms with Crippen LogP contribution in [0, 0.1) is 6.92 Å². The van der Waals surface area contributed by atoms with Crippen molar-refractivity contribution >= 4 is 34.9 Å². The van der Waals surface area contributed by atoms with Crippen LogP contribution in [0.5, 0.6) is 5.75 Å². The van der Waals surface area contributed by atoms with E-state index in [9.17, 15) is 14.7 Å². The molecular formula is C28H21ClN2O5. The summed E-state index contributed by atoms with van der Waals surface area (Å²) >= 11 is 5.98. The van der Waals surface area contributed by atoms with Gasteiger partial charge in [0.15, 0.2) is 5.82 Å². The van der Waals surface area contributed by atoms with Crippen LogP contribution in [0.3, 0.4) is 0 Å². The molecule has 4 aromatic rings. The summed E-state index contributed by atoms with van der Waals surface area (Å²) in [6.07, 6.45) is 0. The lowest BCUT2D eigenvalue weighted by Crippen LogP contribution is -2.29. The lowest BCUT2D eigenvalue weighted by molar-refractivity contribution is -0.132. The van der Waals surface area contributed by atoms with Crippen molar-refractivity contribution in [1.29, 1.82) is 0 Å². The van der Waals surface area contributed by atoms with Crippen molar-refractivity contribution in [3.8, 4) is 5.75 Å². The van der Waals surface area contributed by atoms with Crippen molar-refractivity contribution in [2.45, 2.75) is 19.6 Å². The van der Waals surface area contributed by atoms with Gasteiger partial charge in [-0.25, -0.2) is 0 Å². The Bertz CT molecular complexity index is 1440. The van der Waals surface area contributed by atoms with E-state index in [2.05, 4.69) is 5.16 Å². The predicted octanol–water partition coefficient (Wildman–Crippen LogP) is 5.84. The number of Topliss-reactive ketones (excluding diaryl/α,β-unsaturated/α-hetero) is 1. The molecule has 36 heavy (non-hydrogen) atoms. The number of benzene rings is 3. The fraction of sp³-hybridized carbons (Fsp3) is 0.107. The van der Waals surface area contributed by atoms with E-state index in [1.807, 2.05) is 30.3 Å². The van der Waals surface area contributed by atoms with Crippen LogP contribution in [-0.2, 0) is 16.2 Å². The van der Waals surface area contributed by atoms with E-state index in [0.29, 0.717) is 34.3 Å². The summed E-state index contributed by atoms with van der Waals surface area (Å²) < 4.78 is 11.0. The zero-order valence-electron chi connectivity index (χ0n) is 19.2. The number of carbonyl (C=O) groups is 2. The second kappa shape index (κ2) is 9.71. The van der Waals surface area contributed by atoms with E-state index in [-0.39, 0.29) is 17.2 Å². The summed E-state index contributed by atoms with van der Waals surface area (Å²) in [5, 5.41) is 15.6. The predicted molar refractivity (Wildman–Crippen MR) is 135 cm³/mol. The molecular weight excluding hydrogens is 480 g/mol. The molecule has 1 aliphatic heterocycles. The van der Waals surface area contributed by atoms with Crippen molar-refractivity contribution in [2.24, 2.45) is 0 Å². The standard InChI is InChI=1S/C28H21ClN2O5/c1-17-15-23(30-36-17)31-25(19-9-13-22(14-10-19)35-16-18-5-3-2-4-6-18)24(27(33)28(31)34)26(32)20-7-11-21(29)12-8-20/h2-15,25,32H,16H2,1H3/t25-/m1/s1. The first kappa shape index (κ1) is 23.4. The summed E-state index contributed by atoms with van der Waals surface area (Å²) in [5.41, 5.74) is 1.93. The van der Waals surface area contributed by atoms with Gasteiger partial charge in [-0.2, -0.15) is 0 Å². The van der Waals surface area contributed by atoms with Crippen molar-refractivity contribution in [1.82, 2.24) is 5.16 Å². The number of aliphatic hydroxyl groups excluding tert-OH is 1. The Balaban J connectivity index is 1.54. The number of aromatic nitrogens is 1. The largest absolute Gasteiger partial charge is 0.507 e. The number of carbonyl (C=O) groups excluding carboxylic acids is 2. The van der Waals surface area contributed by atoms with Crippen molar-refractivity contribution < 1.29 is 24.0 Å². The van der Waals surface area contributed by atoms with Crippen molar-refractivity contribution in [2.75, 3.05) is 4.90 Å². The Morgan fingerprint density at radius 1 is 1.03 bits per heavy atom. The van der Waals surface area contributed by atoms with Crippen molar-refractivity contribution in [3.05, 3.63) is 118 Å². The average Bonchev–Trinajstić information content (AvgIpc) is 3.44. The molecule has 1 atom stereocenters. The second-order valence-electron chi connectivity index (χ2n) is 8.32. The minimum Gasteiger partial charge on any atom is -0.507 e. The lowest BCUT2D eigenvalue weighted by atomic mass is 9.95. The number of aryl methyl sites for hydroxylation is 1. The zero-order chi connectivity index (χ0) is 25.2. The molecule has 1 aliphatic rings. The molecule has 8 heteroatoms. The van der Waals surface area contributed by atoms with Gasteiger partial charge in [-0.05, 0) is 54.4 Å². The second-order valence-corrected chi connectivity index (χ2v) is 8.75. The van der Waals surface area contributed by atoms with E-state index in [1.165, 1.54) is 4.90 Å². The third kappa shape index (κ3) is 4.48. The summed E-state index contributed by atoms with van der Waals surface area (Å²) in [4.78, 5) is 27.5. The van der Waals surface area contributed by atoms with E-state index in [4.69, 9.17) is 20.9 Å². The number of halogens is 1. The van der Waals surface area contributed by atoms with Gasteiger partial charge in [0, 0.05) is 16.7 Å². The monoisotopic (exact) mass is 500 g/mol. The smallest absolute Gasteiger partial charge is 0.301 e. The van der Waals surface area contributed by atoms with Crippen molar-refractivity contribution in [3.63, 3.8) is 0 Å². The molecule has 0 unspecified atom stereocenters. The highest BCUT2D eigenvalue weighted by Gasteiger charge is 2.48. The van der Waals surface area contributed by atoms with Gasteiger partial charge < -0.3 is 14.4 Å². The third-order valence-electron chi connectivity index (χ3n) is 5.87. The highest BCUT2D eigenvalue weighted by molar-refractivity contribution is 6.51. The van der Waals surface area contributed by atoms with Gasteiger partial charge in [-0.3, -0.25) is 14.5 Å². The highest BCUT2D eigenvalue weighted by atomic mass is 35.5. The molecule has 0 aliphatic carbocycles. The summed E-state index contributed by atoms with van der Waals surface area (Å²) in [6.45, 7) is 2.09. The van der Waals surface area contributed by atoms with Crippen LogP contribution < -0.4 is 9.64 Å². The summed E-state index contributed by atoms with van der Waals surface area (Å²) in [7, 11) is 0. The third-order valence-corrected chi connectivity index (χ3v) is 6.12. The van der Waals surface area contributed by atoms with Crippen LogP contribution in [-0.4, -0.2) is 22.0 Å². The first-order valence-corrected chi connectivity index (χ1v) is 11.6. The number of nitrogens with zero attached hydrogens (tertiary/aromatic N) is 2. The van der Waals surface area contributed by atoms with Gasteiger partial charge in [0.1, 0.15) is 23.9 Å². The number of ether oxygens (including phenoxy) is 1. The number of ketones is 1. The Hall–Kier alpha value is -4.36. The fourth-order valence-electron chi connectivity index (χ4n) is 4.10. The Morgan fingerprint density at radius 2 is 1.72 bits per heavy atom. The normalized spacial score (nSPS) is 16.9. The maximum atomic E-state index is 13.2. The van der Waals surface area contributed by atoms with Crippen LogP contribution >= 0.6 is 11.6 Å². The molecule has 180 valence electrons. The molecule has 1 amide bonds. The van der Waals surface area contributed by atoms with E-state index >= 15 is 0 Å². The first-order valence-electron chi connectivity index (χ1n) is 11.2. The number of anilines is 1. The van der Waals surface area contributed by atoms with Gasteiger partial charge in [0.25, 0.3) is 5.78 Å². The summed E-state index contributed by atoms with van der Waals surface area (Å²) in [6, 6.07) is 23.8. The molecule has 1 fully saturated rings. The molecule has 0 spiro atoms. The molecule has 3 aromatic carbocycles. The molecule has 0 bridgehead atoms. The van der Waals surface area contributed by atoms with E-state index in [0.717, 1.165) is 5.56 Å². The number of aliphatic hydroxyl groups is 1. The average molecular weight is 501 g/mol. The molecule has 0 saturated carbocycles. The Labute approximate surface area is 212 Å². The molecule has 1 saturated heterocycles. The van der Waals surface area contributed by atoms with Crippen LogP contribution in [0.25, 0.3) is 5.76 Å². The fourth-order valence-corrected chi connectivity index (χ4v) is 4.23. The summed E-state index contributed by atoms with van der Waals surface area (Å²) in [5.74, 6) is -0.658. The van der Waals surface area contributed by atoms with Gasteiger partial charge >= 0.3 is 5.91 Å². The first-order chi connectivity index (χ1) is 17.4. The zero-order valence-corrected chi connectivity index (χ0v) is 20.0. The van der Waals surface area contributed by atoms with Gasteiger partial charge in [0.05, 0.1) is 11.6 Å². The van der Waals surface area contributed by atoms with Crippen LogP contribution in [0.1, 0.15) is 28.5 Å². The van der Waals surface area contributed by atoms with Gasteiger partial charge in [-0.1, -0.05) is 59.2 Å². The van der Waals surface area contributed by atoms with Gasteiger partial charge in [-0.15, -0.1) is 0 Å². The quantitative estimate of drug-likeness (QED) is 0.203. The van der Waals surface area contributed by atoms with Gasteiger partial charge in [0.2, 0.25) is 0 Å². The van der Waals surface area contributed by atoms with E-state index in [1.54, 1.807) is 61.5 Å². The molecule has 5 rings (SSSR count). The molecule has 1 N–H and O–H groups in total. The van der Waals surface area contributed by atoms with Crippen LogP contribution in [0.4, 0.5) is 5.82 Å². The maximum Gasteiger partial charge on any atom is 0.301 e. The SMILES string of the molecule is Cc1cc(N2C(=O)C(=O)C(=C(O)c3ccc(Cl)cc3)[C@H]2c2ccc(OCc3ccccc3)cc2)no1. The molecule has 7 nitrogen and oxygen atoms in total. The number of amides is 1. The Morgan fingerprint density at radius 3 is 2.36 bits per heavy atom. The van der Waals surface area contributed by atoms with Crippen LogP contribution in [0.15, 0.2) is 95.0 Å². The number of rotatable bonds is 6. The number of hydrogen-bond donors (Lipinski definition) is 1.